The Balaban J connectivity index is 1.66. The number of carbonyl (C=O) groups is 1. The number of carbonyl (C=O) groups excluding carboxylic acids is 1. The van der Waals surface area contributed by atoms with Crippen LogP contribution in [0.5, 0.6) is 17.2 Å². The lowest BCUT2D eigenvalue weighted by Crippen LogP contribution is -3.13. The summed E-state index contributed by atoms with van der Waals surface area (Å²) in [6.45, 7) is 2.76. The van der Waals surface area contributed by atoms with Crippen molar-refractivity contribution >= 4 is 5.91 Å². The van der Waals surface area contributed by atoms with Gasteiger partial charge in [0.05, 0.1) is 53.6 Å². The first-order valence-corrected chi connectivity index (χ1v) is 10.1. The predicted molar refractivity (Wildman–Crippen MR) is 109 cm³/mol. The number of methoxy groups -OCH3 is 3. The number of nitrogens with one attached hydrogen (secondary N) is 2. The van der Waals surface area contributed by atoms with Gasteiger partial charge in [0.1, 0.15) is 0 Å². The zero-order valence-corrected chi connectivity index (χ0v) is 17.5. The Morgan fingerprint density at radius 3 is 2.34 bits per heavy atom. The fraction of sp³-hybridized carbons (Fsp3) is 0.500. The summed E-state index contributed by atoms with van der Waals surface area (Å²) in [5.41, 5.74) is 0.803. The third-order valence-corrected chi connectivity index (χ3v) is 5.47. The minimum Gasteiger partial charge on any atom is -0.493 e. The first-order chi connectivity index (χ1) is 14.2. The molecule has 3 rings (SSSR count). The molecule has 0 spiro atoms. The molecule has 2 aromatic rings. The molecule has 1 aromatic carbocycles. The summed E-state index contributed by atoms with van der Waals surface area (Å²) in [5.74, 6) is 2.48. The quantitative estimate of drug-likeness (QED) is 0.668. The molecule has 0 radical (unpaired) electrons. The summed E-state index contributed by atoms with van der Waals surface area (Å²) in [6, 6.07) is 7.65. The zero-order valence-electron chi connectivity index (χ0n) is 17.5. The lowest BCUT2D eigenvalue weighted by Gasteiger charge is -2.30. The third-order valence-electron chi connectivity index (χ3n) is 5.47. The van der Waals surface area contributed by atoms with Crippen LogP contribution in [-0.4, -0.2) is 46.9 Å². The van der Waals surface area contributed by atoms with Crippen LogP contribution in [0.4, 0.5) is 0 Å². The maximum absolute atomic E-state index is 12.7. The largest absolute Gasteiger partial charge is 0.493 e. The summed E-state index contributed by atoms with van der Waals surface area (Å²) < 4.78 is 21.8. The van der Waals surface area contributed by atoms with Crippen LogP contribution in [0.25, 0.3) is 0 Å². The molecular weight excluding hydrogens is 372 g/mol. The minimum atomic E-state index is -0.0489. The van der Waals surface area contributed by atoms with Crippen LogP contribution >= 0.6 is 0 Å². The van der Waals surface area contributed by atoms with Gasteiger partial charge in [-0.2, -0.15) is 0 Å². The van der Waals surface area contributed by atoms with Gasteiger partial charge < -0.3 is 28.8 Å². The molecule has 7 nitrogen and oxygen atoms in total. The number of piperidine rings is 1. The maximum atomic E-state index is 12.7. The van der Waals surface area contributed by atoms with Crippen LogP contribution in [0.2, 0.25) is 0 Å². The van der Waals surface area contributed by atoms with Gasteiger partial charge in [-0.15, -0.1) is 0 Å². The Bertz CT molecular complexity index is 760. The van der Waals surface area contributed by atoms with E-state index in [1.54, 1.807) is 39.7 Å². The molecule has 0 aliphatic carbocycles. The van der Waals surface area contributed by atoms with Gasteiger partial charge in [-0.1, -0.05) is 0 Å². The third kappa shape index (κ3) is 5.23. The number of hydrogen-bond acceptors (Lipinski definition) is 5. The number of furan rings is 1. The van der Waals surface area contributed by atoms with E-state index < -0.39 is 0 Å². The first kappa shape index (κ1) is 21.0. The normalized spacial score (nSPS) is 15.6. The molecule has 1 atom stereocenters. The molecule has 0 unspecified atom stereocenters. The van der Waals surface area contributed by atoms with Crippen LogP contribution in [0.15, 0.2) is 34.9 Å². The topological polar surface area (TPSA) is 74.4 Å². The summed E-state index contributed by atoms with van der Waals surface area (Å²) in [7, 11) is 4.69. The molecule has 1 amide bonds. The predicted octanol–water partition coefficient (Wildman–Crippen LogP) is 1.77. The smallest absolute Gasteiger partial charge is 0.224 e. The molecule has 7 heteroatoms. The second-order valence-corrected chi connectivity index (χ2v) is 7.30. The lowest BCUT2D eigenvalue weighted by atomic mass is 10.1. The van der Waals surface area contributed by atoms with Gasteiger partial charge in [-0.3, -0.25) is 4.79 Å². The summed E-state index contributed by atoms with van der Waals surface area (Å²) >= 11 is 0. The lowest BCUT2D eigenvalue weighted by molar-refractivity contribution is -0.936. The van der Waals surface area contributed by atoms with Crippen molar-refractivity contribution in [1.29, 1.82) is 0 Å². The molecule has 2 heterocycles. The number of ether oxygens (including phenoxy) is 3. The molecule has 0 saturated carbocycles. The van der Waals surface area contributed by atoms with Gasteiger partial charge in [0.15, 0.2) is 23.3 Å². The number of quaternary nitrogens is 1. The molecule has 29 heavy (non-hydrogen) atoms. The van der Waals surface area contributed by atoms with Crippen LogP contribution in [0.1, 0.15) is 36.6 Å². The average molecular weight is 403 g/mol. The van der Waals surface area contributed by atoms with Gasteiger partial charge in [-0.25, -0.2) is 0 Å². The molecular formula is C22H31N2O5+. The summed E-state index contributed by atoms with van der Waals surface area (Å²) in [4.78, 5) is 14.1. The fourth-order valence-electron chi connectivity index (χ4n) is 3.99. The van der Waals surface area contributed by atoms with Crippen molar-refractivity contribution in [2.45, 2.75) is 31.7 Å². The monoisotopic (exact) mass is 403 g/mol. The van der Waals surface area contributed by atoms with Gasteiger partial charge in [0.2, 0.25) is 11.7 Å². The Morgan fingerprint density at radius 2 is 1.79 bits per heavy atom. The average Bonchev–Trinajstić information content (AvgIpc) is 3.28. The number of benzene rings is 1. The van der Waals surface area contributed by atoms with Crippen LogP contribution in [0.3, 0.4) is 0 Å². The molecule has 1 aliphatic rings. The molecule has 0 bridgehead atoms. The first-order valence-electron chi connectivity index (χ1n) is 10.1. The highest BCUT2D eigenvalue weighted by Crippen LogP contribution is 2.38. The summed E-state index contributed by atoms with van der Waals surface area (Å²) in [6.07, 6.45) is 5.64. The standard InChI is InChI=1S/C22H30N2O5/c1-26-19-12-16(13-20(27-2)22(19)28-3)14-21(25)23-15-17(18-8-7-11-29-18)24-9-5-4-6-10-24/h7-8,11-13,17H,4-6,9-10,14-15H2,1-3H3,(H,23,25)/p+1/t17-/m0/s1. The molecule has 2 N–H and O–H groups in total. The van der Waals surface area contributed by atoms with E-state index in [1.807, 2.05) is 12.1 Å². The van der Waals surface area contributed by atoms with Crippen molar-refractivity contribution in [3.8, 4) is 17.2 Å². The SMILES string of the molecule is COc1cc(CC(=O)NC[C@@H](c2ccco2)[NH+]2CCCCC2)cc(OC)c1OC. The van der Waals surface area contributed by atoms with Crippen molar-refractivity contribution in [3.63, 3.8) is 0 Å². The Kier molecular flexibility index (Phi) is 7.41. The van der Waals surface area contributed by atoms with Gasteiger partial charge in [0, 0.05) is 0 Å². The second kappa shape index (κ2) is 10.2. The van der Waals surface area contributed by atoms with E-state index >= 15 is 0 Å². The Morgan fingerprint density at radius 1 is 1.10 bits per heavy atom. The van der Waals surface area contributed by atoms with Crippen LogP contribution < -0.4 is 24.4 Å². The number of rotatable bonds is 9. The zero-order chi connectivity index (χ0) is 20.6. The van der Waals surface area contributed by atoms with Gasteiger partial charge in [0.25, 0.3) is 0 Å². The van der Waals surface area contributed by atoms with E-state index in [0.717, 1.165) is 24.4 Å². The van der Waals surface area contributed by atoms with Crippen molar-refractivity contribution < 1.29 is 28.3 Å². The minimum absolute atomic E-state index is 0.0489. The highest BCUT2D eigenvalue weighted by Gasteiger charge is 2.28. The van der Waals surface area contributed by atoms with E-state index in [4.69, 9.17) is 18.6 Å². The number of amides is 1. The van der Waals surface area contributed by atoms with Crippen molar-refractivity contribution in [2.75, 3.05) is 41.0 Å². The van der Waals surface area contributed by atoms with Crippen LogP contribution in [0, 0.1) is 0 Å². The maximum Gasteiger partial charge on any atom is 0.224 e. The number of hydrogen-bond donors (Lipinski definition) is 2. The Labute approximate surface area is 171 Å². The molecule has 1 aromatic heterocycles. The van der Waals surface area contributed by atoms with E-state index in [-0.39, 0.29) is 18.4 Å². The van der Waals surface area contributed by atoms with E-state index in [9.17, 15) is 4.79 Å². The van der Waals surface area contributed by atoms with E-state index in [2.05, 4.69) is 5.32 Å². The molecule has 1 fully saturated rings. The van der Waals surface area contributed by atoms with Gasteiger partial charge in [-0.05, 0) is 49.1 Å². The van der Waals surface area contributed by atoms with Crippen molar-refractivity contribution in [2.24, 2.45) is 0 Å². The fourth-order valence-corrected chi connectivity index (χ4v) is 3.99. The molecule has 1 aliphatic heterocycles. The molecule has 158 valence electrons. The molecule has 1 saturated heterocycles. The van der Waals surface area contributed by atoms with E-state index in [1.165, 1.54) is 24.2 Å². The second-order valence-electron chi connectivity index (χ2n) is 7.30. The highest BCUT2D eigenvalue weighted by molar-refractivity contribution is 5.79. The van der Waals surface area contributed by atoms with E-state index in [0.29, 0.717) is 23.8 Å². The number of likely N-dealkylation sites (tertiary alicyclic amines) is 1. The van der Waals surface area contributed by atoms with Gasteiger partial charge >= 0.3 is 0 Å². The Hall–Kier alpha value is -2.67. The summed E-state index contributed by atoms with van der Waals surface area (Å²) in [5, 5.41) is 3.09. The highest BCUT2D eigenvalue weighted by atomic mass is 16.5. The van der Waals surface area contributed by atoms with Crippen molar-refractivity contribution in [3.05, 3.63) is 41.9 Å². The van der Waals surface area contributed by atoms with Crippen molar-refractivity contribution in [1.82, 2.24) is 5.32 Å². The van der Waals surface area contributed by atoms with Crippen LogP contribution in [-0.2, 0) is 11.2 Å².